The van der Waals surface area contributed by atoms with Crippen molar-refractivity contribution in [2.24, 2.45) is 22.4 Å². The summed E-state index contributed by atoms with van der Waals surface area (Å²) in [6.07, 6.45) is 1.68. The largest absolute Gasteiger partial charge is 0.297 e. The van der Waals surface area contributed by atoms with Gasteiger partial charge in [-0.25, -0.2) is 9.29 Å². The molecule has 158 valence electrons. The van der Waals surface area contributed by atoms with Crippen LogP contribution >= 0.6 is 0 Å². The maximum absolute atomic E-state index is 13.6. The number of anilines is 1. The maximum atomic E-state index is 13.6. The van der Waals surface area contributed by atoms with E-state index in [0.717, 1.165) is 16.0 Å². The number of fused-ring (bicyclic) bond motifs is 5. The number of Topliss-reactive ketones (excluding diaryl/α,β-unsaturated/α-hetero) is 1. The molecule has 2 aromatic carbocycles. The average molecular weight is 419 g/mol. The van der Waals surface area contributed by atoms with Crippen molar-refractivity contribution in [3.8, 4) is 0 Å². The van der Waals surface area contributed by atoms with Crippen molar-refractivity contribution in [1.82, 2.24) is 5.01 Å². The predicted molar refractivity (Wildman–Crippen MR) is 113 cm³/mol. The summed E-state index contributed by atoms with van der Waals surface area (Å²) in [5, 5.41) is 6.18. The minimum Gasteiger partial charge on any atom is -0.297 e. The number of nitrogens with zero attached hydrogens (tertiary/aromatic N) is 3. The van der Waals surface area contributed by atoms with Crippen molar-refractivity contribution in [3.63, 3.8) is 0 Å². The van der Waals surface area contributed by atoms with Crippen molar-refractivity contribution in [1.29, 1.82) is 0 Å². The Bertz CT molecular complexity index is 1140. The van der Waals surface area contributed by atoms with E-state index in [9.17, 15) is 18.8 Å². The third-order valence-electron chi connectivity index (χ3n) is 6.39. The van der Waals surface area contributed by atoms with Crippen molar-refractivity contribution in [2.75, 3.05) is 4.90 Å². The summed E-state index contributed by atoms with van der Waals surface area (Å²) < 4.78 is 13.4. The molecule has 7 heteroatoms. The smallest absolute Gasteiger partial charge is 0.240 e. The van der Waals surface area contributed by atoms with Crippen LogP contribution < -0.4 is 4.90 Å². The average Bonchev–Trinajstić information content (AvgIpc) is 3.20. The number of carbonyl (C=O) groups is 3. The molecule has 0 bridgehead atoms. The van der Waals surface area contributed by atoms with Gasteiger partial charge in [-0.1, -0.05) is 45.0 Å². The van der Waals surface area contributed by atoms with E-state index < -0.39 is 41.1 Å². The van der Waals surface area contributed by atoms with E-state index in [-0.39, 0.29) is 11.7 Å². The highest BCUT2D eigenvalue weighted by molar-refractivity contribution is 6.24. The van der Waals surface area contributed by atoms with Crippen molar-refractivity contribution < 1.29 is 18.8 Å². The first-order chi connectivity index (χ1) is 14.7. The van der Waals surface area contributed by atoms with Gasteiger partial charge in [0.2, 0.25) is 11.8 Å². The van der Waals surface area contributed by atoms with Gasteiger partial charge in [0, 0.05) is 5.41 Å². The van der Waals surface area contributed by atoms with Crippen molar-refractivity contribution in [2.45, 2.75) is 32.9 Å². The van der Waals surface area contributed by atoms with Crippen LogP contribution in [0.2, 0.25) is 0 Å². The van der Waals surface area contributed by atoms with Gasteiger partial charge in [0.1, 0.15) is 11.9 Å². The van der Waals surface area contributed by atoms with E-state index in [0.29, 0.717) is 5.69 Å². The SMILES string of the molecule is CC(C)(C)C(=O)[C@H]1[C@H]2C(=O)N(c3ccc(F)cc3)C(=O)[C@@H]2[C@H]2c3ccccc3C=NN21. The molecule has 3 aliphatic rings. The molecule has 2 fully saturated rings. The van der Waals surface area contributed by atoms with Gasteiger partial charge in [0.25, 0.3) is 0 Å². The Labute approximate surface area is 179 Å². The second-order valence-corrected chi connectivity index (χ2v) is 9.30. The number of rotatable bonds is 2. The van der Waals surface area contributed by atoms with Gasteiger partial charge >= 0.3 is 0 Å². The predicted octanol–water partition coefficient (Wildman–Crippen LogP) is 3.32. The van der Waals surface area contributed by atoms with Gasteiger partial charge in [-0.2, -0.15) is 5.10 Å². The van der Waals surface area contributed by atoms with Crippen LogP contribution in [-0.4, -0.2) is 34.9 Å². The Morgan fingerprint density at radius 2 is 1.61 bits per heavy atom. The number of hydrogen-bond donors (Lipinski definition) is 0. The molecular formula is C24H22FN3O3. The van der Waals surface area contributed by atoms with Crippen LogP contribution in [0.5, 0.6) is 0 Å². The van der Waals surface area contributed by atoms with E-state index in [1.54, 1.807) is 32.0 Å². The molecule has 3 aliphatic heterocycles. The minimum atomic E-state index is -0.849. The number of hydrogen-bond acceptors (Lipinski definition) is 5. The lowest BCUT2D eigenvalue weighted by atomic mass is 9.79. The first-order valence-corrected chi connectivity index (χ1v) is 10.3. The third-order valence-corrected chi connectivity index (χ3v) is 6.39. The van der Waals surface area contributed by atoms with E-state index in [1.165, 1.54) is 24.3 Å². The van der Waals surface area contributed by atoms with Crippen molar-refractivity contribution >= 4 is 29.5 Å². The molecule has 4 atom stereocenters. The Morgan fingerprint density at radius 3 is 2.29 bits per heavy atom. The number of amides is 2. The molecule has 0 aliphatic carbocycles. The number of hydrazone groups is 1. The van der Waals surface area contributed by atoms with E-state index in [2.05, 4.69) is 5.10 Å². The number of benzene rings is 2. The summed E-state index contributed by atoms with van der Waals surface area (Å²) in [7, 11) is 0. The lowest BCUT2D eigenvalue weighted by Gasteiger charge is -2.35. The van der Waals surface area contributed by atoms with Crippen LogP contribution in [0.25, 0.3) is 0 Å². The molecule has 6 nitrogen and oxygen atoms in total. The molecular weight excluding hydrogens is 397 g/mol. The summed E-state index contributed by atoms with van der Waals surface area (Å²) in [6.45, 7) is 5.41. The molecule has 3 heterocycles. The normalized spacial score (nSPS) is 26.7. The fraction of sp³-hybridized carbons (Fsp3) is 0.333. The van der Waals surface area contributed by atoms with Crippen LogP contribution in [0.15, 0.2) is 53.6 Å². The Morgan fingerprint density at radius 1 is 0.968 bits per heavy atom. The number of carbonyl (C=O) groups excluding carboxylic acids is 3. The molecule has 2 amide bonds. The summed E-state index contributed by atoms with van der Waals surface area (Å²) in [4.78, 5) is 41.7. The van der Waals surface area contributed by atoms with Gasteiger partial charge in [0.15, 0.2) is 5.78 Å². The van der Waals surface area contributed by atoms with Crippen LogP contribution in [0.3, 0.4) is 0 Å². The third kappa shape index (κ3) is 2.76. The molecule has 0 unspecified atom stereocenters. The highest BCUT2D eigenvalue weighted by atomic mass is 19.1. The topological polar surface area (TPSA) is 70.0 Å². The zero-order valence-electron chi connectivity index (χ0n) is 17.4. The van der Waals surface area contributed by atoms with Gasteiger partial charge in [-0.15, -0.1) is 0 Å². The first kappa shape index (κ1) is 19.6. The molecule has 0 saturated carbocycles. The molecule has 2 aromatic rings. The van der Waals surface area contributed by atoms with E-state index >= 15 is 0 Å². The summed E-state index contributed by atoms with van der Waals surface area (Å²) in [5.74, 6) is -3.00. The van der Waals surface area contributed by atoms with Crippen molar-refractivity contribution in [3.05, 3.63) is 65.5 Å². The van der Waals surface area contributed by atoms with Crippen LogP contribution in [-0.2, 0) is 14.4 Å². The molecule has 0 aromatic heterocycles. The molecule has 0 radical (unpaired) electrons. The lowest BCUT2D eigenvalue weighted by molar-refractivity contribution is -0.136. The highest BCUT2D eigenvalue weighted by Gasteiger charge is 2.66. The molecule has 0 spiro atoms. The molecule has 0 N–H and O–H groups in total. The lowest BCUT2D eigenvalue weighted by Crippen LogP contribution is -2.48. The zero-order valence-corrected chi connectivity index (χ0v) is 17.4. The molecule has 2 saturated heterocycles. The fourth-order valence-electron chi connectivity index (χ4n) is 4.96. The minimum absolute atomic E-state index is 0.136. The highest BCUT2D eigenvalue weighted by Crippen LogP contribution is 2.53. The van der Waals surface area contributed by atoms with Crippen LogP contribution in [0.1, 0.15) is 37.9 Å². The standard InChI is InChI=1S/C24H22FN3O3/c1-24(2,3)21(29)20-18-17(19-16-7-5-4-6-13(16)12-26-28(19)20)22(30)27(23(18)31)15-10-8-14(25)9-11-15/h4-12,17-20H,1-3H3/t17-,18-,19+,20+/m0/s1. The van der Waals surface area contributed by atoms with Crippen LogP contribution in [0, 0.1) is 23.1 Å². The van der Waals surface area contributed by atoms with Gasteiger partial charge in [0.05, 0.1) is 29.8 Å². The quantitative estimate of drug-likeness (QED) is 0.701. The van der Waals surface area contributed by atoms with E-state index in [4.69, 9.17) is 0 Å². The summed E-state index contributed by atoms with van der Waals surface area (Å²) >= 11 is 0. The zero-order chi connectivity index (χ0) is 22.1. The number of ketones is 1. The van der Waals surface area contributed by atoms with Crippen LogP contribution in [0.4, 0.5) is 10.1 Å². The monoisotopic (exact) mass is 419 g/mol. The van der Waals surface area contributed by atoms with E-state index in [1.807, 2.05) is 24.3 Å². The Balaban J connectivity index is 1.66. The Kier molecular flexibility index (Phi) is 4.16. The summed E-state index contributed by atoms with van der Waals surface area (Å²) in [5.41, 5.74) is 1.33. The number of imide groups is 1. The Hall–Kier alpha value is -3.35. The van der Waals surface area contributed by atoms with Gasteiger partial charge in [-0.05, 0) is 35.4 Å². The fourth-order valence-corrected chi connectivity index (χ4v) is 4.96. The van der Waals surface area contributed by atoms with Gasteiger partial charge < -0.3 is 0 Å². The second kappa shape index (κ2) is 6.57. The summed E-state index contributed by atoms with van der Waals surface area (Å²) in [6, 6.07) is 11.5. The first-order valence-electron chi connectivity index (χ1n) is 10.3. The second-order valence-electron chi connectivity index (χ2n) is 9.30. The molecule has 5 rings (SSSR count). The maximum Gasteiger partial charge on any atom is 0.240 e. The molecule has 31 heavy (non-hydrogen) atoms. The number of halogens is 1. The van der Waals surface area contributed by atoms with Gasteiger partial charge in [-0.3, -0.25) is 19.4 Å².